The maximum Gasteiger partial charge on any atom is 0.305 e. The molecule has 0 aliphatic carbocycles. The molecule has 0 aliphatic heterocycles. The number of thiophene rings is 1. The van der Waals surface area contributed by atoms with Crippen LogP contribution in [0.1, 0.15) is 72.8 Å². The number of carbonyl (C=O) groups is 3. The first-order chi connectivity index (χ1) is 12.1. The zero-order chi connectivity index (χ0) is 18.5. The number of aryl methyl sites for hydroxylation is 1. The molecule has 140 valence electrons. The molecule has 1 rings (SSSR count). The molecule has 6 heteroatoms. The predicted molar refractivity (Wildman–Crippen MR) is 97.9 cm³/mol. The number of Topliss-reactive ketones (excluding diaryl/α,β-unsaturated/α-hetero) is 1. The molecular formula is C19H28O5S. The molecule has 0 spiro atoms. The third-order valence-corrected chi connectivity index (χ3v) is 4.99. The Morgan fingerprint density at radius 1 is 0.920 bits per heavy atom. The van der Waals surface area contributed by atoms with Crippen LogP contribution >= 0.6 is 11.3 Å². The molecule has 0 fully saturated rings. The lowest BCUT2D eigenvalue weighted by atomic mass is 10.1. The predicted octanol–water partition coefficient (Wildman–Crippen LogP) is 4.33. The van der Waals surface area contributed by atoms with Gasteiger partial charge in [-0.1, -0.05) is 6.42 Å². The van der Waals surface area contributed by atoms with Gasteiger partial charge in [-0.3, -0.25) is 14.4 Å². The summed E-state index contributed by atoms with van der Waals surface area (Å²) in [6.45, 7) is 2.19. The largest absolute Gasteiger partial charge is 0.469 e. The molecule has 5 nitrogen and oxygen atoms in total. The molecule has 1 heterocycles. The zero-order valence-electron chi connectivity index (χ0n) is 15.2. The highest BCUT2D eigenvalue weighted by Crippen LogP contribution is 2.21. The van der Waals surface area contributed by atoms with Crippen molar-refractivity contribution in [1.29, 1.82) is 0 Å². The van der Waals surface area contributed by atoms with Gasteiger partial charge in [-0.25, -0.2) is 0 Å². The third-order valence-electron chi connectivity index (χ3n) is 3.81. The summed E-state index contributed by atoms with van der Waals surface area (Å²) in [5.41, 5.74) is 0. The number of unbranched alkanes of at least 4 members (excludes halogenated alkanes) is 3. The van der Waals surface area contributed by atoms with Gasteiger partial charge >= 0.3 is 11.9 Å². The third kappa shape index (κ3) is 9.39. The van der Waals surface area contributed by atoms with Crippen LogP contribution in [0.15, 0.2) is 12.1 Å². The van der Waals surface area contributed by atoms with Crippen molar-refractivity contribution in [1.82, 2.24) is 0 Å². The highest BCUT2D eigenvalue weighted by molar-refractivity contribution is 7.14. The molecule has 0 bridgehead atoms. The van der Waals surface area contributed by atoms with Crippen LogP contribution in [-0.4, -0.2) is 31.4 Å². The molecule has 1 aromatic rings. The van der Waals surface area contributed by atoms with E-state index in [9.17, 15) is 14.4 Å². The molecule has 0 radical (unpaired) electrons. The Hall–Kier alpha value is -1.69. The van der Waals surface area contributed by atoms with Gasteiger partial charge < -0.3 is 9.47 Å². The summed E-state index contributed by atoms with van der Waals surface area (Å²) in [6.07, 6.45) is 6.46. The number of ketones is 1. The average Bonchev–Trinajstić information content (AvgIpc) is 3.07. The van der Waals surface area contributed by atoms with E-state index in [0.29, 0.717) is 38.7 Å². The van der Waals surface area contributed by atoms with Gasteiger partial charge in [-0.15, -0.1) is 11.3 Å². The quantitative estimate of drug-likeness (QED) is 0.294. The van der Waals surface area contributed by atoms with E-state index in [1.807, 2.05) is 12.1 Å². The fourth-order valence-corrected chi connectivity index (χ4v) is 3.44. The second kappa shape index (κ2) is 12.6. The SMILES string of the molecule is CCOC(=O)CCCCC(=O)c1ccc(CCCCCC(=O)OC)s1. The average molecular weight is 368 g/mol. The van der Waals surface area contributed by atoms with Crippen molar-refractivity contribution >= 4 is 29.1 Å². The molecule has 1 aromatic heterocycles. The van der Waals surface area contributed by atoms with Gasteiger partial charge in [-0.2, -0.15) is 0 Å². The van der Waals surface area contributed by atoms with Crippen LogP contribution in [0.3, 0.4) is 0 Å². The Morgan fingerprint density at radius 2 is 1.60 bits per heavy atom. The minimum Gasteiger partial charge on any atom is -0.469 e. The number of carbonyl (C=O) groups excluding carboxylic acids is 3. The first kappa shape index (κ1) is 21.4. The summed E-state index contributed by atoms with van der Waals surface area (Å²) in [6, 6.07) is 3.90. The lowest BCUT2D eigenvalue weighted by Crippen LogP contribution is -2.04. The first-order valence-electron chi connectivity index (χ1n) is 8.91. The lowest BCUT2D eigenvalue weighted by Gasteiger charge is -2.01. The van der Waals surface area contributed by atoms with Crippen molar-refractivity contribution < 1.29 is 23.9 Å². The molecule has 0 aromatic carbocycles. The van der Waals surface area contributed by atoms with E-state index in [1.165, 1.54) is 12.0 Å². The van der Waals surface area contributed by atoms with Crippen molar-refractivity contribution in [3.05, 3.63) is 21.9 Å². The molecule has 0 unspecified atom stereocenters. The highest BCUT2D eigenvalue weighted by atomic mass is 32.1. The summed E-state index contributed by atoms with van der Waals surface area (Å²) < 4.78 is 9.47. The molecule has 25 heavy (non-hydrogen) atoms. The van der Waals surface area contributed by atoms with Crippen molar-refractivity contribution in [2.24, 2.45) is 0 Å². The van der Waals surface area contributed by atoms with Crippen LogP contribution in [-0.2, 0) is 25.5 Å². The van der Waals surface area contributed by atoms with Gasteiger partial charge in [0.15, 0.2) is 5.78 Å². The molecule has 0 atom stereocenters. The van der Waals surface area contributed by atoms with Gasteiger partial charge in [0.25, 0.3) is 0 Å². The normalized spacial score (nSPS) is 10.5. The van der Waals surface area contributed by atoms with Gasteiger partial charge in [0.05, 0.1) is 18.6 Å². The maximum absolute atomic E-state index is 12.2. The molecule has 0 saturated heterocycles. The van der Waals surface area contributed by atoms with E-state index in [1.54, 1.807) is 18.3 Å². The second-order valence-electron chi connectivity index (χ2n) is 5.84. The smallest absolute Gasteiger partial charge is 0.305 e. The van der Waals surface area contributed by atoms with E-state index in [4.69, 9.17) is 4.74 Å². The summed E-state index contributed by atoms with van der Waals surface area (Å²) >= 11 is 1.55. The van der Waals surface area contributed by atoms with E-state index in [2.05, 4.69) is 4.74 Å². The number of ether oxygens (including phenoxy) is 2. The summed E-state index contributed by atoms with van der Waals surface area (Å²) in [4.78, 5) is 36.4. The van der Waals surface area contributed by atoms with Crippen LogP contribution < -0.4 is 0 Å². The summed E-state index contributed by atoms with van der Waals surface area (Å²) in [7, 11) is 1.41. The Kier molecular flexibility index (Phi) is 10.8. The number of hydrogen-bond donors (Lipinski definition) is 0. The molecule has 0 saturated carbocycles. The van der Waals surface area contributed by atoms with Crippen LogP contribution in [0.25, 0.3) is 0 Å². The minimum atomic E-state index is -0.194. The standard InChI is InChI=1S/C19H28O5S/c1-3-24-19(22)12-8-7-10-16(20)17-14-13-15(25-17)9-5-4-6-11-18(21)23-2/h13-14H,3-12H2,1-2H3. The number of methoxy groups -OCH3 is 1. The molecule has 0 aliphatic rings. The van der Waals surface area contributed by atoms with Crippen LogP contribution in [0.5, 0.6) is 0 Å². The van der Waals surface area contributed by atoms with Gasteiger partial charge in [0, 0.05) is 24.1 Å². The van der Waals surface area contributed by atoms with Crippen molar-refractivity contribution in [3.63, 3.8) is 0 Å². The Labute approximate surface area is 153 Å². The van der Waals surface area contributed by atoms with E-state index in [-0.39, 0.29) is 17.7 Å². The summed E-state index contributed by atoms with van der Waals surface area (Å²) in [5, 5.41) is 0. The molecule has 0 amide bonds. The van der Waals surface area contributed by atoms with Crippen molar-refractivity contribution in [2.45, 2.75) is 64.7 Å². The molecular weight excluding hydrogens is 340 g/mol. The number of esters is 2. The second-order valence-corrected chi connectivity index (χ2v) is 7.01. The van der Waals surface area contributed by atoms with Gasteiger partial charge in [-0.05, 0) is 51.2 Å². The Bertz CT molecular complexity index is 550. The van der Waals surface area contributed by atoms with E-state index >= 15 is 0 Å². The van der Waals surface area contributed by atoms with Crippen molar-refractivity contribution in [2.75, 3.05) is 13.7 Å². The Balaban J connectivity index is 2.19. The fraction of sp³-hybridized carbons (Fsp3) is 0.632. The van der Waals surface area contributed by atoms with Crippen molar-refractivity contribution in [3.8, 4) is 0 Å². The van der Waals surface area contributed by atoms with Crippen LogP contribution in [0.4, 0.5) is 0 Å². The lowest BCUT2D eigenvalue weighted by molar-refractivity contribution is -0.143. The van der Waals surface area contributed by atoms with Crippen LogP contribution in [0, 0.1) is 0 Å². The molecule has 0 N–H and O–H groups in total. The number of rotatable bonds is 13. The first-order valence-corrected chi connectivity index (χ1v) is 9.72. The summed E-state index contributed by atoms with van der Waals surface area (Å²) in [5.74, 6) is -0.210. The van der Waals surface area contributed by atoms with E-state index in [0.717, 1.165) is 30.6 Å². The van der Waals surface area contributed by atoms with Gasteiger partial charge in [0.2, 0.25) is 0 Å². The zero-order valence-corrected chi connectivity index (χ0v) is 16.0. The van der Waals surface area contributed by atoms with Gasteiger partial charge in [0.1, 0.15) is 0 Å². The topological polar surface area (TPSA) is 69.7 Å². The fourth-order valence-electron chi connectivity index (χ4n) is 2.42. The highest BCUT2D eigenvalue weighted by Gasteiger charge is 2.10. The number of hydrogen-bond acceptors (Lipinski definition) is 6. The minimum absolute atomic E-state index is 0.144. The van der Waals surface area contributed by atoms with E-state index < -0.39 is 0 Å². The monoisotopic (exact) mass is 368 g/mol. The maximum atomic E-state index is 12.2. The Morgan fingerprint density at radius 3 is 2.32 bits per heavy atom. The van der Waals surface area contributed by atoms with Crippen LogP contribution in [0.2, 0.25) is 0 Å².